The first-order chi connectivity index (χ1) is 6.09. The highest BCUT2D eigenvalue weighted by atomic mass is 35.5. The lowest BCUT2D eigenvalue weighted by atomic mass is 9.93. The molecular formula is C8H13ClN2O2. The van der Waals surface area contributed by atoms with Crippen LogP contribution in [-0.4, -0.2) is 23.4 Å². The minimum Gasteiger partial charge on any atom is -0.335 e. The smallest absolute Gasteiger partial charge is 0.321 e. The summed E-state index contributed by atoms with van der Waals surface area (Å²) < 4.78 is 0. The van der Waals surface area contributed by atoms with Gasteiger partial charge in [-0.2, -0.15) is 0 Å². The number of hydrogen-bond donors (Lipinski definition) is 2. The van der Waals surface area contributed by atoms with Crippen molar-refractivity contribution < 1.29 is 9.59 Å². The van der Waals surface area contributed by atoms with Gasteiger partial charge in [-0.3, -0.25) is 10.1 Å². The molecule has 0 radical (unpaired) electrons. The summed E-state index contributed by atoms with van der Waals surface area (Å²) in [6.45, 7) is 1.52. The summed E-state index contributed by atoms with van der Waals surface area (Å²) in [5, 5.41) is 4.16. The van der Waals surface area contributed by atoms with Crippen molar-refractivity contribution in [2.75, 3.05) is 0 Å². The molecule has 13 heavy (non-hydrogen) atoms. The van der Waals surface area contributed by atoms with Crippen LogP contribution in [0, 0.1) is 0 Å². The number of halogens is 1. The van der Waals surface area contributed by atoms with E-state index in [9.17, 15) is 9.59 Å². The third kappa shape index (κ3) is 3.22. The fraction of sp³-hybridized carbons (Fsp3) is 0.750. The first kappa shape index (κ1) is 10.3. The standard InChI is InChI=1S/C8H13ClN2O2/c1-5(9)7(12)11-8(13)10-6-3-2-4-6/h5-6H,2-4H2,1H3,(H2,10,11,12,13). The molecule has 1 fully saturated rings. The fourth-order valence-corrected chi connectivity index (χ4v) is 1.04. The second-order valence-corrected chi connectivity index (χ2v) is 3.86. The molecule has 2 N–H and O–H groups in total. The third-order valence-corrected chi connectivity index (χ3v) is 2.24. The van der Waals surface area contributed by atoms with Crippen LogP contribution < -0.4 is 10.6 Å². The topological polar surface area (TPSA) is 58.2 Å². The Labute approximate surface area is 82.0 Å². The van der Waals surface area contributed by atoms with E-state index < -0.39 is 17.3 Å². The molecular weight excluding hydrogens is 192 g/mol. The van der Waals surface area contributed by atoms with E-state index in [4.69, 9.17) is 11.6 Å². The third-order valence-electron chi connectivity index (χ3n) is 2.04. The van der Waals surface area contributed by atoms with Gasteiger partial charge < -0.3 is 5.32 Å². The predicted octanol–water partition coefficient (Wildman–Crippen LogP) is 0.992. The van der Waals surface area contributed by atoms with Crippen LogP contribution >= 0.6 is 11.6 Å². The first-order valence-corrected chi connectivity index (χ1v) is 4.78. The molecule has 0 aliphatic heterocycles. The Morgan fingerprint density at radius 2 is 2.08 bits per heavy atom. The molecule has 0 spiro atoms. The normalized spacial score (nSPS) is 18.6. The maximum Gasteiger partial charge on any atom is 0.321 e. The SMILES string of the molecule is CC(Cl)C(=O)NC(=O)NC1CCC1. The van der Waals surface area contributed by atoms with Crippen molar-refractivity contribution in [1.82, 2.24) is 10.6 Å². The lowest BCUT2D eigenvalue weighted by Crippen LogP contribution is -2.48. The Hall–Kier alpha value is -0.770. The molecule has 1 atom stereocenters. The fourth-order valence-electron chi connectivity index (χ4n) is 0.985. The van der Waals surface area contributed by atoms with Gasteiger partial charge >= 0.3 is 6.03 Å². The zero-order valence-corrected chi connectivity index (χ0v) is 8.23. The maximum absolute atomic E-state index is 11.1. The Morgan fingerprint density at radius 3 is 2.46 bits per heavy atom. The van der Waals surface area contributed by atoms with Crippen molar-refractivity contribution >= 4 is 23.5 Å². The molecule has 1 saturated carbocycles. The summed E-state index contributed by atoms with van der Waals surface area (Å²) in [6.07, 6.45) is 3.14. The van der Waals surface area contributed by atoms with Crippen molar-refractivity contribution in [3.63, 3.8) is 0 Å². The summed E-state index contributed by atoms with van der Waals surface area (Å²) in [5.74, 6) is -0.460. The van der Waals surface area contributed by atoms with E-state index in [1.54, 1.807) is 0 Å². The maximum atomic E-state index is 11.1. The molecule has 1 unspecified atom stereocenters. The van der Waals surface area contributed by atoms with E-state index in [1.165, 1.54) is 6.92 Å². The molecule has 0 aromatic carbocycles. The summed E-state index contributed by atoms with van der Waals surface area (Å²) in [6, 6.07) is -0.208. The van der Waals surface area contributed by atoms with Gasteiger partial charge in [-0.05, 0) is 26.2 Å². The predicted molar refractivity (Wildman–Crippen MR) is 49.6 cm³/mol. The van der Waals surface area contributed by atoms with Gasteiger partial charge in [0.2, 0.25) is 5.91 Å². The molecule has 0 heterocycles. The minimum atomic E-state index is -0.674. The number of rotatable bonds is 2. The Balaban J connectivity index is 2.20. The van der Waals surface area contributed by atoms with Crippen LogP contribution in [0.15, 0.2) is 0 Å². The van der Waals surface area contributed by atoms with Crippen LogP contribution in [0.25, 0.3) is 0 Å². The van der Waals surface area contributed by atoms with Gasteiger partial charge in [0.05, 0.1) is 0 Å². The molecule has 0 saturated heterocycles. The number of imide groups is 1. The summed E-state index contributed by atoms with van der Waals surface area (Å²) in [7, 11) is 0. The average Bonchev–Trinajstić information content (AvgIpc) is 1.96. The zero-order valence-electron chi connectivity index (χ0n) is 7.47. The number of amides is 3. The Kier molecular flexibility index (Phi) is 3.54. The number of nitrogens with one attached hydrogen (secondary N) is 2. The van der Waals surface area contributed by atoms with Gasteiger partial charge in [-0.1, -0.05) is 0 Å². The van der Waals surface area contributed by atoms with Crippen LogP contribution in [-0.2, 0) is 4.79 Å². The molecule has 1 aliphatic rings. The molecule has 74 valence electrons. The van der Waals surface area contributed by atoms with Crippen molar-refractivity contribution in [1.29, 1.82) is 0 Å². The van der Waals surface area contributed by atoms with E-state index in [2.05, 4.69) is 10.6 Å². The molecule has 3 amide bonds. The highest BCUT2D eigenvalue weighted by Crippen LogP contribution is 2.17. The minimum absolute atomic E-state index is 0.235. The highest BCUT2D eigenvalue weighted by Gasteiger charge is 2.20. The van der Waals surface area contributed by atoms with Gasteiger partial charge in [0.15, 0.2) is 0 Å². The van der Waals surface area contributed by atoms with Crippen LogP contribution in [0.4, 0.5) is 4.79 Å². The molecule has 0 bridgehead atoms. The molecule has 0 aromatic heterocycles. The van der Waals surface area contributed by atoms with E-state index in [-0.39, 0.29) is 6.04 Å². The Bertz CT molecular complexity index is 214. The second-order valence-electron chi connectivity index (χ2n) is 3.21. The van der Waals surface area contributed by atoms with E-state index in [0.29, 0.717) is 0 Å². The molecule has 5 heteroatoms. The first-order valence-electron chi connectivity index (χ1n) is 4.35. The van der Waals surface area contributed by atoms with Crippen molar-refractivity contribution in [3.05, 3.63) is 0 Å². The van der Waals surface area contributed by atoms with Crippen LogP contribution in [0.3, 0.4) is 0 Å². The van der Waals surface area contributed by atoms with Crippen LogP contribution in [0.2, 0.25) is 0 Å². The Morgan fingerprint density at radius 1 is 1.46 bits per heavy atom. The van der Waals surface area contributed by atoms with Crippen molar-refractivity contribution in [2.45, 2.75) is 37.6 Å². The molecule has 0 aromatic rings. The van der Waals surface area contributed by atoms with Crippen molar-refractivity contribution in [3.8, 4) is 0 Å². The summed E-state index contributed by atoms with van der Waals surface area (Å²) in [4.78, 5) is 22.0. The van der Waals surface area contributed by atoms with E-state index in [0.717, 1.165) is 19.3 Å². The van der Waals surface area contributed by atoms with E-state index in [1.807, 2.05) is 0 Å². The largest absolute Gasteiger partial charge is 0.335 e. The van der Waals surface area contributed by atoms with Gasteiger partial charge in [0.25, 0.3) is 0 Å². The number of urea groups is 1. The summed E-state index contributed by atoms with van der Waals surface area (Å²) in [5.41, 5.74) is 0. The monoisotopic (exact) mass is 204 g/mol. The van der Waals surface area contributed by atoms with Crippen LogP contribution in [0.5, 0.6) is 0 Å². The van der Waals surface area contributed by atoms with Gasteiger partial charge in [0, 0.05) is 6.04 Å². The molecule has 1 aliphatic carbocycles. The number of carbonyl (C=O) groups is 2. The van der Waals surface area contributed by atoms with E-state index >= 15 is 0 Å². The second kappa shape index (κ2) is 4.46. The molecule has 1 rings (SSSR count). The lowest BCUT2D eigenvalue weighted by molar-refractivity contribution is -0.119. The average molecular weight is 205 g/mol. The van der Waals surface area contributed by atoms with Gasteiger partial charge in [0.1, 0.15) is 5.38 Å². The van der Waals surface area contributed by atoms with Crippen molar-refractivity contribution in [2.24, 2.45) is 0 Å². The molecule has 4 nitrogen and oxygen atoms in total. The number of alkyl halides is 1. The highest BCUT2D eigenvalue weighted by molar-refractivity contribution is 6.31. The summed E-state index contributed by atoms with van der Waals surface area (Å²) >= 11 is 5.46. The quantitative estimate of drug-likeness (QED) is 0.660. The number of hydrogen-bond acceptors (Lipinski definition) is 2. The van der Waals surface area contributed by atoms with Crippen LogP contribution in [0.1, 0.15) is 26.2 Å². The zero-order chi connectivity index (χ0) is 9.84. The number of carbonyl (C=O) groups excluding carboxylic acids is 2. The van der Waals surface area contributed by atoms with Gasteiger partial charge in [-0.25, -0.2) is 4.79 Å². The van der Waals surface area contributed by atoms with Gasteiger partial charge in [-0.15, -0.1) is 11.6 Å². The lowest BCUT2D eigenvalue weighted by Gasteiger charge is -2.26.